The molecule has 0 N–H and O–H groups in total. The van der Waals surface area contributed by atoms with Crippen LogP contribution in [-0.4, -0.2) is 26.3 Å². The molecule has 3 rings (SSSR count). The number of hydrogen-bond donors (Lipinski definition) is 0. The van der Waals surface area contributed by atoms with Gasteiger partial charge in [-0.1, -0.05) is 25.4 Å². The van der Waals surface area contributed by atoms with Crippen molar-refractivity contribution < 1.29 is 0 Å². The third-order valence-electron chi connectivity index (χ3n) is 4.27. The summed E-state index contributed by atoms with van der Waals surface area (Å²) in [5.41, 5.74) is 3.13. The lowest BCUT2D eigenvalue weighted by Gasteiger charge is -2.25. The summed E-state index contributed by atoms with van der Waals surface area (Å²) in [4.78, 5) is 11.3. The fraction of sp³-hybridized carbons (Fsp3) is 0.588. The quantitative estimate of drug-likeness (QED) is 0.850. The SMILES string of the molecule is Cc1ccnc(N2CCCC2c2c(C)nn(CC(C)C)c2Cl)n1. The Kier molecular flexibility index (Phi) is 4.57. The predicted molar refractivity (Wildman–Crippen MR) is 92.9 cm³/mol. The summed E-state index contributed by atoms with van der Waals surface area (Å²) in [6.45, 7) is 10.2. The molecule has 1 unspecified atom stereocenters. The molecule has 124 valence electrons. The molecular weight excluding hydrogens is 310 g/mol. The van der Waals surface area contributed by atoms with Crippen molar-refractivity contribution in [3.05, 3.63) is 34.4 Å². The molecule has 0 amide bonds. The van der Waals surface area contributed by atoms with Crippen LogP contribution in [0.2, 0.25) is 5.15 Å². The Bertz CT molecular complexity index is 694. The summed E-state index contributed by atoms with van der Waals surface area (Å²) in [5.74, 6) is 1.30. The molecule has 0 spiro atoms. The Morgan fingerprint density at radius 1 is 1.35 bits per heavy atom. The third-order valence-corrected chi connectivity index (χ3v) is 4.67. The van der Waals surface area contributed by atoms with Gasteiger partial charge in [-0.25, -0.2) is 9.97 Å². The summed E-state index contributed by atoms with van der Waals surface area (Å²) in [6.07, 6.45) is 4.00. The summed E-state index contributed by atoms with van der Waals surface area (Å²) >= 11 is 6.67. The van der Waals surface area contributed by atoms with Gasteiger partial charge in [0.1, 0.15) is 5.15 Å². The van der Waals surface area contributed by atoms with Gasteiger partial charge in [-0.2, -0.15) is 5.10 Å². The van der Waals surface area contributed by atoms with E-state index in [1.807, 2.05) is 30.8 Å². The lowest BCUT2D eigenvalue weighted by molar-refractivity contribution is 0.481. The lowest BCUT2D eigenvalue weighted by atomic mass is 10.1. The van der Waals surface area contributed by atoms with Crippen molar-refractivity contribution in [2.75, 3.05) is 11.4 Å². The zero-order valence-electron chi connectivity index (χ0n) is 14.3. The van der Waals surface area contributed by atoms with E-state index in [0.29, 0.717) is 5.92 Å². The second-order valence-corrected chi connectivity index (χ2v) is 7.07. The van der Waals surface area contributed by atoms with Crippen LogP contribution in [0.5, 0.6) is 0 Å². The topological polar surface area (TPSA) is 46.8 Å². The van der Waals surface area contributed by atoms with Gasteiger partial charge < -0.3 is 4.90 Å². The van der Waals surface area contributed by atoms with Gasteiger partial charge in [0, 0.05) is 30.5 Å². The first-order valence-corrected chi connectivity index (χ1v) is 8.64. The Balaban J connectivity index is 1.96. The van der Waals surface area contributed by atoms with Gasteiger partial charge in [0.2, 0.25) is 5.95 Å². The predicted octanol–water partition coefficient (Wildman–Crippen LogP) is 3.94. The molecule has 6 heteroatoms. The molecule has 0 radical (unpaired) electrons. The highest BCUT2D eigenvalue weighted by Crippen LogP contribution is 2.39. The fourth-order valence-electron chi connectivity index (χ4n) is 3.29. The average molecular weight is 334 g/mol. The molecule has 1 atom stereocenters. The first-order chi connectivity index (χ1) is 11.0. The second-order valence-electron chi connectivity index (χ2n) is 6.72. The van der Waals surface area contributed by atoms with Crippen LogP contribution in [0.4, 0.5) is 5.95 Å². The Hall–Kier alpha value is -1.62. The third kappa shape index (κ3) is 3.20. The number of aromatic nitrogens is 4. The van der Waals surface area contributed by atoms with Gasteiger partial charge in [-0.15, -0.1) is 0 Å². The van der Waals surface area contributed by atoms with E-state index in [0.717, 1.165) is 54.0 Å². The van der Waals surface area contributed by atoms with E-state index in [9.17, 15) is 0 Å². The monoisotopic (exact) mass is 333 g/mol. The van der Waals surface area contributed by atoms with Crippen molar-refractivity contribution in [1.82, 2.24) is 19.7 Å². The zero-order valence-corrected chi connectivity index (χ0v) is 15.0. The smallest absolute Gasteiger partial charge is 0.226 e. The summed E-state index contributed by atoms with van der Waals surface area (Å²) in [5, 5.41) is 5.42. The van der Waals surface area contributed by atoms with Gasteiger partial charge in [-0.3, -0.25) is 4.68 Å². The van der Waals surface area contributed by atoms with Crippen molar-refractivity contribution >= 4 is 17.5 Å². The lowest BCUT2D eigenvalue weighted by Crippen LogP contribution is -2.25. The average Bonchev–Trinajstić information content (AvgIpc) is 3.04. The van der Waals surface area contributed by atoms with E-state index in [1.54, 1.807) is 0 Å². The molecule has 1 fully saturated rings. The number of hydrogen-bond acceptors (Lipinski definition) is 4. The minimum atomic E-state index is 0.213. The van der Waals surface area contributed by atoms with Crippen LogP contribution < -0.4 is 4.90 Å². The van der Waals surface area contributed by atoms with Crippen LogP contribution >= 0.6 is 11.6 Å². The van der Waals surface area contributed by atoms with Gasteiger partial charge in [-0.05, 0) is 38.7 Å². The number of nitrogens with zero attached hydrogens (tertiary/aromatic N) is 5. The molecule has 2 aromatic rings. The minimum Gasteiger partial charge on any atom is -0.334 e. The molecule has 0 aliphatic carbocycles. The molecule has 23 heavy (non-hydrogen) atoms. The number of rotatable bonds is 4. The van der Waals surface area contributed by atoms with Gasteiger partial charge in [0.15, 0.2) is 0 Å². The molecule has 0 saturated carbocycles. The first-order valence-electron chi connectivity index (χ1n) is 8.26. The van der Waals surface area contributed by atoms with E-state index >= 15 is 0 Å². The number of aryl methyl sites for hydroxylation is 2. The maximum atomic E-state index is 6.67. The van der Waals surface area contributed by atoms with E-state index < -0.39 is 0 Å². The van der Waals surface area contributed by atoms with Crippen LogP contribution in [0.25, 0.3) is 0 Å². The van der Waals surface area contributed by atoms with E-state index in [2.05, 4.69) is 33.8 Å². The van der Waals surface area contributed by atoms with Crippen molar-refractivity contribution in [2.45, 2.75) is 53.1 Å². The number of halogens is 1. The van der Waals surface area contributed by atoms with Crippen LogP contribution in [0, 0.1) is 19.8 Å². The molecule has 0 bridgehead atoms. The molecule has 3 heterocycles. The van der Waals surface area contributed by atoms with Crippen LogP contribution in [0.3, 0.4) is 0 Å². The highest BCUT2D eigenvalue weighted by molar-refractivity contribution is 6.30. The molecular formula is C17H24ClN5. The van der Waals surface area contributed by atoms with E-state index in [4.69, 9.17) is 11.6 Å². The fourth-order valence-corrected chi connectivity index (χ4v) is 3.66. The second kappa shape index (κ2) is 6.48. The van der Waals surface area contributed by atoms with E-state index in [-0.39, 0.29) is 6.04 Å². The van der Waals surface area contributed by atoms with Gasteiger partial charge in [0.25, 0.3) is 0 Å². The van der Waals surface area contributed by atoms with E-state index in [1.165, 1.54) is 0 Å². The summed E-state index contributed by atoms with van der Waals surface area (Å²) in [6, 6.07) is 2.14. The molecule has 1 aliphatic heterocycles. The zero-order chi connectivity index (χ0) is 16.6. The normalized spacial score (nSPS) is 18.2. The van der Waals surface area contributed by atoms with Gasteiger partial charge >= 0.3 is 0 Å². The highest BCUT2D eigenvalue weighted by Gasteiger charge is 2.33. The van der Waals surface area contributed by atoms with Crippen LogP contribution in [-0.2, 0) is 6.54 Å². The van der Waals surface area contributed by atoms with Crippen LogP contribution in [0.15, 0.2) is 12.3 Å². The van der Waals surface area contributed by atoms with Crippen molar-refractivity contribution in [3.63, 3.8) is 0 Å². The summed E-state index contributed by atoms with van der Waals surface area (Å²) in [7, 11) is 0. The van der Waals surface area contributed by atoms with Crippen molar-refractivity contribution in [3.8, 4) is 0 Å². The highest BCUT2D eigenvalue weighted by atomic mass is 35.5. The molecule has 0 aromatic carbocycles. The molecule has 5 nitrogen and oxygen atoms in total. The maximum absolute atomic E-state index is 6.67. The molecule has 1 saturated heterocycles. The van der Waals surface area contributed by atoms with Crippen molar-refractivity contribution in [2.24, 2.45) is 5.92 Å². The Morgan fingerprint density at radius 2 is 2.13 bits per heavy atom. The van der Waals surface area contributed by atoms with Crippen molar-refractivity contribution in [1.29, 1.82) is 0 Å². The number of anilines is 1. The first kappa shape index (κ1) is 16.2. The largest absolute Gasteiger partial charge is 0.334 e. The molecule has 1 aliphatic rings. The van der Waals surface area contributed by atoms with Crippen LogP contribution in [0.1, 0.15) is 49.7 Å². The maximum Gasteiger partial charge on any atom is 0.226 e. The Labute approximate surface area is 142 Å². The Morgan fingerprint density at radius 3 is 2.83 bits per heavy atom. The molecule has 2 aromatic heterocycles. The van der Waals surface area contributed by atoms with Gasteiger partial charge in [0.05, 0.1) is 11.7 Å². The summed E-state index contributed by atoms with van der Waals surface area (Å²) < 4.78 is 1.94. The minimum absolute atomic E-state index is 0.213. The standard InChI is InChI=1S/C17H24ClN5/c1-11(2)10-23-16(18)15(13(4)21-23)14-6-5-9-22(14)17-19-8-7-12(3)20-17/h7-8,11,14H,5-6,9-10H2,1-4H3.